The van der Waals surface area contributed by atoms with Crippen LogP contribution in [0.1, 0.15) is 71.1 Å². The number of rotatable bonds is 7. The molecule has 3 aromatic carbocycles. The highest BCUT2D eigenvalue weighted by atomic mass is 19.4. The first-order valence-corrected chi connectivity index (χ1v) is 14.5. The molecule has 5 nitrogen and oxygen atoms in total. The fourth-order valence-corrected chi connectivity index (χ4v) is 6.79. The van der Waals surface area contributed by atoms with Gasteiger partial charge in [0.25, 0.3) is 5.91 Å². The van der Waals surface area contributed by atoms with Gasteiger partial charge < -0.3 is 4.90 Å². The normalized spacial score (nSPS) is 18.8. The van der Waals surface area contributed by atoms with E-state index >= 15 is 0 Å². The van der Waals surface area contributed by atoms with Crippen molar-refractivity contribution in [2.75, 3.05) is 19.6 Å². The summed E-state index contributed by atoms with van der Waals surface area (Å²) >= 11 is 0. The maximum absolute atomic E-state index is 14.3. The number of hydrogen-bond acceptors (Lipinski definition) is 3. The predicted octanol–water partition coefficient (Wildman–Crippen LogP) is 6.57. The van der Waals surface area contributed by atoms with E-state index in [4.69, 9.17) is 0 Å². The van der Waals surface area contributed by atoms with Crippen LogP contribution < -0.4 is 0 Å². The van der Waals surface area contributed by atoms with E-state index in [1.165, 1.54) is 0 Å². The average molecular weight is 562 g/mol. The summed E-state index contributed by atoms with van der Waals surface area (Å²) in [7, 11) is 0. The van der Waals surface area contributed by atoms with Gasteiger partial charge in [0.05, 0.1) is 5.92 Å². The molecule has 2 amide bonds. The lowest BCUT2D eigenvalue weighted by atomic mass is 9.89. The summed E-state index contributed by atoms with van der Waals surface area (Å²) in [4.78, 5) is 29.2. The summed E-state index contributed by atoms with van der Waals surface area (Å²) in [5.74, 6) is -1.36. The highest BCUT2D eigenvalue weighted by Gasteiger charge is 2.44. The molecule has 6 rings (SSSR count). The zero-order valence-electron chi connectivity index (χ0n) is 23.2. The summed E-state index contributed by atoms with van der Waals surface area (Å²) in [5.41, 5.74) is 6.15. The molecule has 2 heterocycles. The molecular formula is C33H34F3N3O2. The Labute approximate surface area is 238 Å². The van der Waals surface area contributed by atoms with Crippen LogP contribution in [-0.4, -0.2) is 58.6 Å². The highest BCUT2D eigenvalue weighted by Crippen LogP contribution is 2.48. The second-order valence-corrected chi connectivity index (χ2v) is 11.3. The van der Waals surface area contributed by atoms with Gasteiger partial charge in [0.1, 0.15) is 6.54 Å². The van der Waals surface area contributed by atoms with E-state index in [2.05, 4.69) is 6.92 Å². The van der Waals surface area contributed by atoms with Crippen LogP contribution in [-0.2, 0) is 17.8 Å². The van der Waals surface area contributed by atoms with Gasteiger partial charge in [-0.1, -0.05) is 74.0 Å². The van der Waals surface area contributed by atoms with Gasteiger partial charge in [0, 0.05) is 31.2 Å². The number of piperidine rings is 1. The third-order valence-corrected chi connectivity index (χ3v) is 8.75. The molecule has 0 bridgehead atoms. The number of unbranched alkanes of at least 4 members (excludes halogenated alkanes) is 1. The summed E-state index contributed by atoms with van der Waals surface area (Å²) < 4.78 is 42.0. The van der Waals surface area contributed by atoms with Gasteiger partial charge in [0.2, 0.25) is 5.91 Å². The number of nitrogens with zero attached hydrogens (tertiary/aromatic N) is 3. The first kappa shape index (κ1) is 27.5. The molecule has 41 heavy (non-hydrogen) atoms. The number of aryl methyl sites for hydroxylation is 1. The lowest BCUT2D eigenvalue weighted by molar-refractivity contribution is -0.195. The van der Waals surface area contributed by atoms with Crippen LogP contribution in [0.2, 0.25) is 0 Å². The van der Waals surface area contributed by atoms with Crippen molar-refractivity contribution in [2.24, 2.45) is 0 Å². The van der Waals surface area contributed by atoms with Crippen molar-refractivity contribution in [3.8, 4) is 11.1 Å². The van der Waals surface area contributed by atoms with Crippen LogP contribution in [0.25, 0.3) is 11.1 Å². The summed E-state index contributed by atoms with van der Waals surface area (Å²) in [6.45, 7) is 1.82. The number of alkyl halides is 3. The predicted molar refractivity (Wildman–Crippen MR) is 151 cm³/mol. The van der Waals surface area contributed by atoms with E-state index in [-0.39, 0.29) is 25.0 Å². The molecule has 8 heteroatoms. The molecule has 0 N–H and O–H groups in total. The third kappa shape index (κ3) is 5.14. The van der Waals surface area contributed by atoms with Crippen LogP contribution in [0.3, 0.4) is 0 Å². The molecule has 0 aromatic heterocycles. The SMILES string of the molecule is CCCCc1cccc2c1C(C(=O)N(CC(F)(F)F)N1CCC(N3Cc4ccccc4C3=O)CC1)c1ccccc1-2. The van der Waals surface area contributed by atoms with Crippen molar-refractivity contribution in [1.82, 2.24) is 14.9 Å². The fourth-order valence-electron chi connectivity index (χ4n) is 6.79. The molecule has 1 aliphatic carbocycles. The molecule has 0 saturated carbocycles. The van der Waals surface area contributed by atoms with Gasteiger partial charge in [-0.2, -0.15) is 13.2 Å². The minimum Gasteiger partial charge on any atom is -0.331 e. The summed E-state index contributed by atoms with van der Waals surface area (Å²) in [5, 5.41) is 2.51. The Morgan fingerprint density at radius 2 is 1.61 bits per heavy atom. The monoisotopic (exact) mass is 561 g/mol. The van der Waals surface area contributed by atoms with E-state index in [9.17, 15) is 22.8 Å². The number of benzene rings is 3. The van der Waals surface area contributed by atoms with Crippen molar-refractivity contribution in [1.29, 1.82) is 0 Å². The lowest BCUT2D eigenvalue weighted by Gasteiger charge is -2.43. The van der Waals surface area contributed by atoms with Crippen LogP contribution >= 0.6 is 0 Å². The van der Waals surface area contributed by atoms with Crippen molar-refractivity contribution in [2.45, 2.75) is 63.7 Å². The largest absolute Gasteiger partial charge is 0.407 e. The number of hydrazine groups is 1. The zero-order valence-corrected chi connectivity index (χ0v) is 23.2. The first-order chi connectivity index (χ1) is 19.8. The highest BCUT2D eigenvalue weighted by molar-refractivity contribution is 5.98. The van der Waals surface area contributed by atoms with Gasteiger partial charge in [-0.05, 0) is 65.1 Å². The minimum absolute atomic E-state index is 0.0268. The zero-order chi connectivity index (χ0) is 28.7. The van der Waals surface area contributed by atoms with E-state index in [1.807, 2.05) is 71.6 Å². The number of carbonyl (C=O) groups is 2. The van der Waals surface area contributed by atoms with Gasteiger partial charge >= 0.3 is 6.18 Å². The second kappa shape index (κ2) is 11.0. The van der Waals surface area contributed by atoms with Crippen LogP contribution in [0.5, 0.6) is 0 Å². The van der Waals surface area contributed by atoms with E-state index in [0.29, 0.717) is 24.9 Å². The maximum atomic E-state index is 14.3. The van der Waals surface area contributed by atoms with E-state index in [1.54, 1.807) is 5.01 Å². The molecule has 1 unspecified atom stereocenters. The number of amides is 2. The molecule has 3 aromatic rings. The Hall–Kier alpha value is -3.65. The molecule has 1 saturated heterocycles. The van der Waals surface area contributed by atoms with E-state index < -0.39 is 24.5 Å². The molecule has 214 valence electrons. The Morgan fingerprint density at radius 1 is 0.927 bits per heavy atom. The molecule has 0 radical (unpaired) electrons. The van der Waals surface area contributed by atoms with Gasteiger partial charge in [-0.25, -0.2) is 5.01 Å². The van der Waals surface area contributed by atoms with E-state index in [0.717, 1.165) is 57.7 Å². The number of carbonyl (C=O) groups excluding carboxylic acids is 2. The molecule has 1 fully saturated rings. The Kier molecular flexibility index (Phi) is 7.36. The standard InChI is InChI=1S/C33H34F3N3O2/c1-2-3-9-22-11-8-15-27-26-13-6-7-14-28(26)30(29(22)27)32(41)39(21-33(34,35)36)37-18-16-24(17-19-37)38-20-23-10-4-5-12-25(23)31(38)40/h4-8,10-15,24,30H,2-3,9,16-21H2,1H3. The quantitative estimate of drug-likeness (QED) is 0.328. The molecule has 1 atom stereocenters. The Morgan fingerprint density at radius 3 is 2.32 bits per heavy atom. The van der Waals surface area contributed by atoms with Crippen molar-refractivity contribution in [3.63, 3.8) is 0 Å². The van der Waals surface area contributed by atoms with Crippen LogP contribution in [0.4, 0.5) is 13.2 Å². The minimum atomic E-state index is -4.55. The third-order valence-electron chi connectivity index (χ3n) is 8.75. The van der Waals surface area contributed by atoms with Crippen LogP contribution in [0, 0.1) is 0 Å². The van der Waals surface area contributed by atoms with Gasteiger partial charge in [-0.15, -0.1) is 0 Å². The van der Waals surface area contributed by atoms with Crippen molar-refractivity contribution in [3.05, 3.63) is 94.5 Å². The number of fused-ring (bicyclic) bond motifs is 4. The lowest BCUT2D eigenvalue weighted by Crippen LogP contribution is -2.56. The molecular weight excluding hydrogens is 527 g/mol. The van der Waals surface area contributed by atoms with Crippen LogP contribution in [0.15, 0.2) is 66.7 Å². The first-order valence-electron chi connectivity index (χ1n) is 14.5. The topological polar surface area (TPSA) is 43.9 Å². The molecule has 2 aliphatic heterocycles. The Bertz CT molecular complexity index is 1460. The summed E-state index contributed by atoms with van der Waals surface area (Å²) in [6, 6.07) is 21.0. The number of halogens is 3. The molecule has 0 spiro atoms. The van der Waals surface area contributed by atoms with Crippen molar-refractivity contribution >= 4 is 11.8 Å². The number of hydrogen-bond donors (Lipinski definition) is 0. The van der Waals surface area contributed by atoms with Gasteiger partial charge in [-0.3, -0.25) is 14.6 Å². The maximum Gasteiger partial charge on any atom is 0.407 e. The van der Waals surface area contributed by atoms with Crippen molar-refractivity contribution < 1.29 is 22.8 Å². The average Bonchev–Trinajstić information content (AvgIpc) is 3.49. The smallest absolute Gasteiger partial charge is 0.331 e. The molecule has 3 aliphatic rings. The van der Waals surface area contributed by atoms with Gasteiger partial charge in [0.15, 0.2) is 0 Å². The Balaban J connectivity index is 1.28. The fraction of sp³-hybridized carbons (Fsp3) is 0.394. The second-order valence-electron chi connectivity index (χ2n) is 11.3. The summed E-state index contributed by atoms with van der Waals surface area (Å²) in [6.07, 6.45) is -0.862.